The maximum atomic E-state index is 13.1. The number of hydrogen-bond acceptors (Lipinski definition) is 5. The maximum Gasteiger partial charge on any atom is 0.337 e. The highest BCUT2D eigenvalue weighted by atomic mass is 32.1. The zero-order valence-corrected chi connectivity index (χ0v) is 15.6. The molecule has 0 aliphatic heterocycles. The number of nitrogens with zero attached hydrogens (tertiary/aromatic N) is 2. The summed E-state index contributed by atoms with van der Waals surface area (Å²) in [6, 6.07) is 9.06. The third kappa shape index (κ3) is 3.90. The molecule has 1 aromatic carbocycles. The first-order chi connectivity index (χ1) is 13.0. The van der Waals surface area contributed by atoms with Crippen LogP contribution in [0, 0.1) is 0 Å². The number of rotatable bonds is 7. The van der Waals surface area contributed by atoms with E-state index in [4.69, 9.17) is 0 Å². The summed E-state index contributed by atoms with van der Waals surface area (Å²) in [7, 11) is 0. The number of benzene rings is 1. The number of hydrogen-bond donors (Lipinski definition) is 2. The van der Waals surface area contributed by atoms with E-state index in [1.165, 1.54) is 9.95 Å². The number of nitrogens with one attached hydrogen (secondary N) is 1. The zero-order chi connectivity index (χ0) is 19.4. The normalized spacial score (nSPS) is 10.9. The van der Waals surface area contributed by atoms with Gasteiger partial charge in [-0.1, -0.05) is 43.7 Å². The molecule has 2 aromatic heterocycles. The molecular formula is C19H19N3O4S. The lowest BCUT2D eigenvalue weighted by Gasteiger charge is -2.13. The van der Waals surface area contributed by atoms with Crippen molar-refractivity contribution in [2.24, 2.45) is 0 Å². The van der Waals surface area contributed by atoms with E-state index in [0.29, 0.717) is 22.8 Å². The fourth-order valence-electron chi connectivity index (χ4n) is 2.74. The van der Waals surface area contributed by atoms with Crippen molar-refractivity contribution < 1.29 is 14.7 Å². The predicted octanol–water partition coefficient (Wildman–Crippen LogP) is 2.74. The number of carbonyl (C=O) groups is 2. The van der Waals surface area contributed by atoms with E-state index < -0.39 is 11.5 Å². The maximum absolute atomic E-state index is 13.1. The number of aromatic nitrogens is 2. The highest BCUT2D eigenvalue weighted by Gasteiger charge is 2.21. The Morgan fingerprint density at radius 3 is 2.67 bits per heavy atom. The number of carboxylic acid groups (broad SMARTS) is 1. The molecule has 0 aliphatic rings. The standard InChI is InChI=1S/C19H19N3O4S/c1-2-3-9-20-14(23)10-22-16(12-7-5-4-6-8-12)21-17-15(18(22)24)13(11-27-17)19(25)26/h4-8,11H,2-3,9-10H2,1H3,(H,20,23)(H,25,26). The minimum atomic E-state index is -1.19. The second kappa shape index (κ2) is 8.13. The van der Waals surface area contributed by atoms with Crippen molar-refractivity contribution in [3.8, 4) is 11.4 Å². The van der Waals surface area contributed by atoms with Gasteiger partial charge < -0.3 is 10.4 Å². The van der Waals surface area contributed by atoms with E-state index in [1.807, 2.05) is 25.1 Å². The van der Waals surface area contributed by atoms with Gasteiger partial charge in [-0.25, -0.2) is 9.78 Å². The number of amides is 1. The van der Waals surface area contributed by atoms with E-state index in [0.717, 1.165) is 24.2 Å². The van der Waals surface area contributed by atoms with Crippen molar-refractivity contribution in [2.75, 3.05) is 6.54 Å². The molecule has 8 heteroatoms. The number of carboxylic acids is 1. The lowest BCUT2D eigenvalue weighted by Crippen LogP contribution is -2.34. The molecule has 0 saturated carbocycles. The van der Waals surface area contributed by atoms with Gasteiger partial charge in [0.1, 0.15) is 17.2 Å². The van der Waals surface area contributed by atoms with Crippen LogP contribution < -0.4 is 10.9 Å². The minimum absolute atomic E-state index is 0.0357. The fraction of sp³-hybridized carbons (Fsp3) is 0.263. The molecule has 0 aliphatic carbocycles. The Hall–Kier alpha value is -3.00. The van der Waals surface area contributed by atoms with Gasteiger partial charge in [0.05, 0.1) is 10.9 Å². The molecule has 0 radical (unpaired) electrons. The molecular weight excluding hydrogens is 366 g/mol. The summed E-state index contributed by atoms with van der Waals surface area (Å²) in [5.74, 6) is -1.15. The SMILES string of the molecule is CCCCNC(=O)Cn1c(-c2ccccc2)nc2scc(C(=O)O)c2c1=O. The van der Waals surface area contributed by atoms with Crippen molar-refractivity contribution >= 4 is 33.4 Å². The van der Waals surface area contributed by atoms with Crippen LogP contribution in [0.1, 0.15) is 30.1 Å². The van der Waals surface area contributed by atoms with E-state index in [2.05, 4.69) is 10.3 Å². The quantitative estimate of drug-likeness (QED) is 0.609. The molecule has 3 rings (SSSR count). The summed E-state index contributed by atoms with van der Waals surface area (Å²) in [5.41, 5.74) is 0.0681. The predicted molar refractivity (Wildman–Crippen MR) is 104 cm³/mol. The van der Waals surface area contributed by atoms with Gasteiger partial charge in [-0.05, 0) is 6.42 Å². The van der Waals surface area contributed by atoms with Gasteiger partial charge >= 0.3 is 5.97 Å². The lowest BCUT2D eigenvalue weighted by atomic mass is 10.2. The van der Waals surface area contributed by atoms with E-state index >= 15 is 0 Å². The van der Waals surface area contributed by atoms with E-state index in [1.54, 1.807) is 12.1 Å². The number of thiophene rings is 1. The van der Waals surface area contributed by atoms with Crippen molar-refractivity contribution in [3.63, 3.8) is 0 Å². The van der Waals surface area contributed by atoms with Gasteiger partial charge in [0.25, 0.3) is 5.56 Å². The summed E-state index contributed by atoms with van der Waals surface area (Å²) >= 11 is 1.10. The topological polar surface area (TPSA) is 101 Å². The second-order valence-electron chi connectivity index (χ2n) is 6.03. The van der Waals surface area contributed by atoms with Crippen molar-refractivity contribution in [2.45, 2.75) is 26.3 Å². The van der Waals surface area contributed by atoms with Gasteiger partial charge in [-0.3, -0.25) is 14.2 Å². The highest BCUT2D eigenvalue weighted by Crippen LogP contribution is 2.25. The molecule has 2 heterocycles. The average molecular weight is 385 g/mol. The molecule has 0 atom stereocenters. The molecule has 2 N–H and O–H groups in total. The van der Waals surface area contributed by atoms with Gasteiger partial charge in [0.15, 0.2) is 0 Å². The van der Waals surface area contributed by atoms with Crippen LogP contribution in [0.5, 0.6) is 0 Å². The van der Waals surface area contributed by atoms with Crippen molar-refractivity contribution in [1.29, 1.82) is 0 Å². The fourth-order valence-corrected chi connectivity index (χ4v) is 3.64. The van der Waals surface area contributed by atoms with E-state index in [-0.39, 0.29) is 23.4 Å². The van der Waals surface area contributed by atoms with Gasteiger partial charge in [0, 0.05) is 17.5 Å². The second-order valence-corrected chi connectivity index (χ2v) is 6.89. The Morgan fingerprint density at radius 2 is 2.00 bits per heavy atom. The van der Waals surface area contributed by atoms with Crippen LogP contribution in [0.2, 0.25) is 0 Å². The number of aromatic carboxylic acids is 1. The summed E-state index contributed by atoms with van der Waals surface area (Å²) in [6.07, 6.45) is 1.79. The van der Waals surface area contributed by atoms with Crippen LogP contribution in [-0.2, 0) is 11.3 Å². The first-order valence-corrected chi connectivity index (χ1v) is 9.48. The molecule has 27 heavy (non-hydrogen) atoms. The summed E-state index contributed by atoms with van der Waals surface area (Å²) in [5, 5.41) is 13.6. The molecule has 1 amide bonds. The summed E-state index contributed by atoms with van der Waals surface area (Å²) in [4.78, 5) is 41.7. The Labute approximate surface area is 159 Å². The minimum Gasteiger partial charge on any atom is -0.478 e. The van der Waals surface area contributed by atoms with Crippen LogP contribution in [0.4, 0.5) is 0 Å². The lowest BCUT2D eigenvalue weighted by molar-refractivity contribution is -0.121. The monoisotopic (exact) mass is 385 g/mol. The highest BCUT2D eigenvalue weighted by molar-refractivity contribution is 7.17. The van der Waals surface area contributed by atoms with Gasteiger partial charge in [0.2, 0.25) is 5.91 Å². The number of fused-ring (bicyclic) bond motifs is 1. The zero-order valence-electron chi connectivity index (χ0n) is 14.8. The Morgan fingerprint density at radius 1 is 1.26 bits per heavy atom. The molecule has 140 valence electrons. The molecule has 0 saturated heterocycles. The van der Waals surface area contributed by atoms with Gasteiger partial charge in [-0.2, -0.15) is 0 Å². The summed E-state index contributed by atoms with van der Waals surface area (Å²) in [6.45, 7) is 2.33. The Balaban J connectivity index is 2.13. The Kier molecular flexibility index (Phi) is 5.66. The smallest absolute Gasteiger partial charge is 0.337 e. The first kappa shape index (κ1) is 18.8. The van der Waals surface area contributed by atoms with Crippen LogP contribution in [0.25, 0.3) is 21.6 Å². The molecule has 0 bridgehead atoms. The summed E-state index contributed by atoms with van der Waals surface area (Å²) < 4.78 is 1.25. The van der Waals surface area contributed by atoms with Crippen LogP contribution in [0.15, 0.2) is 40.5 Å². The largest absolute Gasteiger partial charge is 0.478 e. The number of carbonyl (C=O) groups excluding carboxylic acids is 1. The third-order valence-corrected chi connectivity index (χ3v) is 4.98. The van der Waals surface area contributed by atoms with Crippen molar-refractivity contribution in [1.82, 2.24) is 14.9 Å². The molecule has 0 fully saturated rings. The van der Waals surface area contributed by atoms with Crippen LogP contribution in [-0.4, -0.2) is 33.1 Å². The number of unbranched alkanes of at least 4 members (excludes halogenated alkanes) is 1. The molecule has 0 spiro atoms. The van der Waals surface area contributed by atoms with Crippen LogP contribution >= 0.6 is 11.3 Å². The van der Waals surface area contributed by atoms with Gasteiger partial charge in [-0.15, -0.1) is 11.3 Å². The van der Waals surface area contributed by atoms with Crippen LogP contribution in [0.3, 0.4) is 0 Å². The molecule has 0 unspecified atom stereocenters. The molecule has 7 nitrogen and oxygen atoms in total. The van der Waals surface area contributed by atoms with E-state index in [9.17, 15) is 19.5 Å². The first-order valence-electron chi connectivity index (χ1n) is 8.60. The molecule has 3 aromatic rings. The third-order valence-electron chi connectivity index (χ3n) is 4.11. The Bertz CT molecular complexity index is 1040. The van der Waals surface area contributed by atoms with Crippen molar-refractivity contribution in [3.05, 3.63) is 51.6 Å². The average Bonchev–Trinajstić information content (AvgIpc) is 3.09.